The van der Waals surface area contributed by atoms with Crippen molar-refractivity contribution >= 4 is 22.6 Å². The second kappa shape index (κ2) is 7.59. The largest absolute Gasteiger partial charge is 0.504 e. The van der Waals surface area contributed by atoms with Gasteiger partial charge in [0.15, 0.2) is 17.4 Å². The molecule has 1 atom stereocenters. The van der Waals surface area contributed by atoms with Gasteiger partial charge in [-0.1, -0.05) is 18.1 Å². The second-order valence-corrected chi connectivity index (χ2v) is 6.98. The van der Waals surface area contributed by atoms with Crippen LogP contribution in [0.1, 0.15) is 23.7 Å². The highest BCUT2D eigenvalue weighted by atomic mass is 19.1. The van der Waals surface area contributed by atoms with E-state index in [1.54, 1.807) is 24.3 Å². The molecule has 2 aromatic carbocycles. The van der Waals surface area contributed by atoms with Crippen LogP contribution >= 0.6 is 0 Å². The molecular weight excluding hydrogens is 361 g/mol. The van der Waals surface area contributed by atoms with Crippen LogP contribution in [0.5, 0.6) is 5.75 Å². The Morgan fingerprint density at radius 1 is 1.18 bits per heavy atom. The number of hydrogen-bond acceptors (Lipinski definition) is 6. The molecule has 146 valence electrons. The van der Waals surface area contributed by atoms with Crippen molar-refractivity contribution in [2.45, 2.75) is 19.4 Å². The average molecular weight is 383 g/mol. The van der Waals surface area contributed by atoms with E-state index in [1.807, 2.05) is 13.0 Å². The molecular formula is C21H22FN3O3. The van der Waals surface area contributed by atoms with Gasteiger partial charge in [-0.05, 0) is 42.8 Å². The van der Waals surface area contributed by atoms with Crippen LogP contribution in [0.2, 0.25) is 0 Å². The molecule has 1 aliphatic rings. The van der Waals surface area contributed by atoms with Gasteiger partial charge in [-0.15, -0.1) is 0 Å². The summed E-state index contributed by atoms with van der Waals surface area (Å²) in [5, 5.41) is 14.8. The molecule has 1 fully saturated rings. The quantitative estimate of drug-likeness (QED) is 0.681. The van der Waals surface area contributed by atoms with Crippen LogP contribution in [0.3, 0.4) is 0 Å². The van der Waals surface area contributed by atoms with E-state index in [4.69, 9.17) is 4.52 Å². The third-order valence-corrected chi connectivity index (χ3v) is 5.33. The van der Waals surface area contributed by atoms with E-state index in [0.29, 0.717) is 49.6 Å². The highest BCUT2D eigenvalue weighted by Crippen LogP contribution is 2.32. The Labute approximate surface area is 162 Å². The fourth-order valence-electron chi connectivity index (χ4n) is 3.82. The summed E-state index contributed by atoms with van der Waals surface area (Å²) < 4.78 is 18.4. The maximum absolute atomic E-state index is 13.1. The van der Waals surface area contributed by atoms with Gasteiger partial charge in [-0.25, -0.2) is 4.39 Å². The molecule has 3 aromatic rings. The minimum absolute atomic E-state index is 0.0211. The number of hydrogen-bond donors (Lipinski definition) is 1. The van der Waals surface area contributed by atoms with Gasteiger partial charge < -0.3 is 14.5 Å². The first kappa shape index (κ1) is 18.4. The molecule has 6 nitrogen and oxygen atoms in total. The third-order valence-electron chi connectivity index (χ3n) is 5.33. The summed E-state index contributed by atoms with van der Waals surface area (Å²) in [4.78, 5) is 17.2. The molecule has 4 rings (SSSR count). The molecule has 1 unspecified atom stereocenters. The van der Waals surface area contributed by atoms with Crippen molar-refractivity contribution in [1.29, 1.82) is 0 Å². The van der Waals surface area contributed by atoms with Gasteiger partial charge in [-0.3, -0.25) is 9.69 Å². The van der Waals surface area contributed by atoms with Crippen LogP contribution in [0.15, 0.2) is 47.0 Å². The predicted molar refractivity (Wildman–Crippen MR) is 104 cm³/mol. The Kier molecular flexibility index (Phi) is 5.00. The first-order chi connectivity index (χ1) is 13.6. The lowest BCUT2D eigenvalue weighted by Crippen LogP contribution is -2.52. The number of rotatable bonds is 5. The summed E-state index contributed by atoms with van der Waals surface area (Å²) in [5.74, 6) is 0.464. The molecule has 28 heavy (non-hydrogen) atoms. The van der Waals surface area contributed by atoms with Crippen LogP contribution in [-0.4, -0.2) is 53.2 Å². The Morgan fingerprint density at radius 2 is 1.89 bits per heavy atom. The van der Waals surface area contributed by atoms with Crippen LogP contribution in [-0.2, 0) is 0 Å². The number of carbonyl (C=O) groups excluding carboxylic acids is 1. The summed E-state index contributed by atoms with van der Waals surface area (Å²) in [6, 6.07) is 10.7. The number of Topliss-reactive ketones (excluding diaryl/α,β-unsaturated/α-hetero) is 1. The van der Waals surface area contributed by atoms with Gasteiger partial charge in [0.25, 0.3) is 0 Å². The molecule has 1 saturated heterocycles. The topological polar surface area (TPSA) is 69.8 Å². The van der Waals surface area contributed by atoms with Gasteiger partial charge in [0.1, 0.15) is 5.82 Å². The highest BCUT2D eigenvalue weighted by molar-refractivity contribution is 6.00. The van der Waals surface area contributed by atoms with Crippen molar-refractivity contribution in [3.63, 3.8) is 0 Å². The molecule has 7 heteroatoms. The molecule has 0 spiro atoms. The number of ketones is 1. The van der Waals surface area contributed by atoms with E-state index in [2.05, 4.69) is 15.0 Å². The molecule has 1 N–H and O–H groups in total. The van der Waals surface area contributed by atoms with Crippen molar-refractivity contribution in [3.8, 4) is 5.75 Å². The number of carbonyl (C=O) groups is 1. The van der Waals surface area contributed by atoms with Crippen LogP contribution in [0, 0.1) is 5.82 Å². The van der Waals surface area contributed by atoms with Crippen molar-refractivity contribution in [3.05, 3.63) is 53.8 Å². The van der Waals surface area contributed by atoms with Crippen molar-refractivity contribution < 1.29 is 18.8 Å². The maximum Gasteiger partial charge on any atom is 0.210 e. The normalized spacial score (nSPS) is 16.4. The predicted octanol–water partition coefficient (Wildman–Crippen LogP) is 3.46. The fraction of sp³-hybridized carbons (Fsp3) is 0.333. The second-order valence-electron chi connectivity index (χ2n) is 6.98. The number of piperazine rings is 1. The average Bonchev–Trinajstić information content (AvgIpc) is 3.15. The van der Waals surface area contributed by atoms with Crippen LogP contribution in [0.25, 0.3) is 11.0 Å². The molecule has 1 aliphatic heterocycles. The SMILES string of the molecule is CCC(C(=O)c1ccc(F)cc1)N1CCN(c2noc3c(O)cccc23)CC1. The lowest BCUT2D eigenvalue weighted by atomic mass is 10.00. The molecule has 0 saturated carbocycles. The number of benzene rings is 2. The fourth-order valence-corrected chi connectivity index (χ4v) is 3.82. The summed E-state index contributed by atoms with van der Waals surface area (Å²) >= 11 is 0. The zero-order chi connectivity index (χ0) is 19.7. The number of aromatic hydroxyl groups is 1. The van der Waals surface area contributed by atoms with Gasteiger partial charge in [0, 0.05) is 31.7 Å². The minimum Gasteiger partial charge on any atom is -0.504 e. The summed E-state index contributed by atoms with van der Waals surface area (Å²) in [6.07, 6.45) is 0.691. The summed E-state index contributed by atoms with van der Waals surface area (Å²) in [5.41, 5.74) is 0.923. The van der Waals surface area contributed by atoms with Crippen LogP contribution in [0.4, 0.5) is 10.2 Å². The summed E-state index contributed by atoms with van der Waals surface area (Å²) in [7, 11) is 0. The number of phenols is 1. The zero-order valence-electron chi connectivity index (χ0n) is 15.6. The van der Waals surface area contributed by atoms with Crippen molar-refractivity contribution in [1.82, 2.24) is 10.1 Å². The van der Waals surface area contributed by atoms with Crippen LogP contribution < -0.4 is 4.90 Å². The first-order valence-corrected chi connectivity index (χ1v) is 9.44. The van der Waals surface area contributed by atoms with Gasteiger partial charge in [0.2, 0.25) is 5.58 Å². The van der Waals surface area contributed by atoms with Crippen molar-refractivity contribution in [2.24, 2.45) is 0 Å². The molecule has 0 radical (unpaired) electrons. The van der Waals surface area contributed by atoms with Gasteiger partial charge in [-0.2, -0.15) is 0 Å². The Hall–Kier alpha value is -2.93. The summed E-state index contributed by atoms with van der Waals surface area (Å²) in [6.45, 7) is 4.80. The molecule has 1 aromatic heterocycles. The highest BCUT2D eigenvalue weighted by Gasteiger charge is 2.30. The number of nitrogens with zero attached hydrogens (tertiary/aromatic N) is 3. The number of fused-ring (bicyclic) bond motifs is 1. The van der Waals surface area contributed by atoms with E-state index in [9.17, 15) is 14.3 Å². The van der Waals surface area contributed by atoms with E-state index in [0.717, 1.165) is 5.39 Å². The number of phenolic OH excluding ortho intramolecular Hbond substituents is 1. The van der Waals surface area contributed by atoms with Crippen molar-refractivity contribution in [2.75, 3.05) is 31.1 Å². The molecule has 0 aliphatic carbocycles. The number of para-hydroxylation sites is 1. The van der Waals surface area contributed by atoms with Gasteiger partial charge in [0.05, 0.1) is 11.4 Å². The van der Waals surface area contributed by atoms with E-state index < -0.39 is 0 Å². The molecule has 0 bridgehead atoms. The lowest BCUT2D eigenvalue weighted by Gasteiger charge is -2.38. The number of anilines is 1. The number of halogens is 1. The van der Waals surface area contributed by atoms with E-state index in [1.165, 1.54) is 12.1 Å². The monoisotopic (exact) mass is 383 g/mol. The Bertz CT molecular complexity index is 978. The first-order valence-electron chi connectivity index (χ1n) is 9.44. The maximum atomic E-state index is 13.1. The Morgan fingerprint density at radius 3 is 2.57 bits per heavy atom. The van der Waals surface area contributed by atoms with E-state index >= 15 is 0 Å². The molecule has 0 amide bonds. The smallest absolute Gasteiger partial charge is 0.210 e. The lowest BCUT2D eigenvalue weighted by molar-refractivity contribution is 0.0800. The van der Waals surface area contributed by atoms with Gasteiger partial charge >= 0.3 is 0 Å². The van der Waals surface area contributed by atoms with E-state index in [-0.39, 0.29) is 23.4 Å². The molecule has 2 heterocycles. The minimum atomic E-state index is -0.343. The zero-order valence-corrected chi connectivity index (χ0v) is 15.6. The third kappa shape index (κ3) is 3.33. The Balaban J connectivity index is 1.47. The number of aromatic nitrogens is 1. The standard InChI is InChI=1S/C21H22FN3O3/c1-2-17(19(27)14-6-8-15(22)9-7-14)24-10-12-25(13-11-24)21-16-4-3-5-18(26)20(16)28-23-21/h3-9,17,26H,2,10-13H2,1H3.